The lowest BCUT2D eigenvalue weighted by Crippen LogP contribution is -2.41. The molecule has 0 bridgehead atoms. The van der Waals surface area contributed by atoms with Crippen molar-refractivity contribution in [1.82, 2.24) is 0 Å². The molecule has 8 heteroatoms. The van der Waals surface area contributed by atoms with E-state index < -0.39 is 27.8 Å². The van der Waals surface area contributed by atoms with Gasteiger partial charge in [0, 0.05) is 11.4 Å². The summed E-state index contributed by atoms with van der Waals surface area (Å²) in [6.07, 6.45) is 2.13. The Kier molecular flexibility index (Phi) is 4.17. The Morgan fingerprint density at radius 1 is 1.10 bits per heavy atom. The summed E-state index contributed by atoms with van der Waals surface area (Å²) in [6.45, 7) is 0. The number of nitrogens with one attached hydrogen (secondary N) is 2. The van der Waals surface area contributed by atoms with Gasteiger partial charge in [-0.15, -0.1) is 0 Å². The van der Waals surface area contributed by atoms with Crippen LogP contribution in [0.2, 0.25) is 0 Å². The van der Waals surface area contributed by atoms with Gasteiger partial charge in [0.15, 0.2) is 0 Å². The molecule has 1 aliphatic carbocycles. The van der Waals surface area contributed by atoms with Crippen molar-refractivity contribution in [2.24, 2.45) is 11.8 Å². The third-order valence-electron chi connectivity index (χ3n) is 3.38. The second kappa shape index (κ2) is 5.72. The van der Waals surface area contributed by atoms with Crippen LogP contribution in [0, 0.1) is 11.8 Å². The fraction of sp³-hybridized carbons (Fsp3) is 0.385. The quantitative estimate of drug-likeness (QED) is 0.754. The number of amides is 1. The summed E-state index contributed by atoms with van der Waals surface area (Å²) in [7, 11) is -3.34. The average Bonchev–Trinajstić information content (AvgIpc) is 2.27. The molecule has 1 fully saturated rings. The van der Waals surface area contributed by atoms with E-state index in [1.807, 2.05) is 0 Å². The minimum Gasteiger partial charge on any atom is -0.481 e. The van der Waals surface area contributed by atoms with Gasteiger partial charge in [-0.3, -0.25) is 14.3 Å². The fourth-order valence-corrected chi connectivity index (χ4v) is 2.74. The highest BCUT2D eigenvalue weighted by Gasteiger charge is 2.41. The summed E-state index contributed by atoms with van der Waals surface area (Å²) in [5.74, 6) is -2.39. The van der Waals surface area contributed by atoms with E-state index in [-0.39, 0.29) is 5.91 Å². The molecule has 0 aliphatic heterocycles. The number of carboxylic acid groups (broad SMARTS) is 1. The van der Waals surface area contributed by atoms with Gasteiger partial charge < -0.3 is 10.4 Å². The lowest BCUT2D eigenvalue weighted by Gasteiger charge is -2.31. The predicted molar refractivity (Wildman–Crippen MR) is 77.4 cm³/mol. The Bertz CT molecular complexity index is 654. The first-order valence-electron chi connectivity index (χ1n) is 6.38. The van der Waals surface area contributed by atoms with Gasteiger partial charge in [-0.05, 0) is 37.1 Å². The number of carbonyl (C=O) groups excluding carboxylic acids is 1. The zero-order valence-electron chi connectivity index (χ0n) is 11.4. The van der Waals surface area contributed by atoms with Gasteiger partial charge in [0.2, 0.25) is 15.9 Å². The van der Waals surface area contributed by atoms with E-state index in [1.54, 1.807) is 12.1 Å². The number of hydrogen-bond donors (Lipinski definition) is 3. The predicted octanol–water partition coefficient (Wildman–Crippen LogP) is 1.11. The third kappa shape index (κ3) is 3.94. The molecule has 1 aliphatic rings. The van der Waals surface area contributed by atoms with Crippen molar-refractivity contribution < 1.29 is 23.1 Å². The fourth-order valence-electron chi connectivity index (χ4n) is 2.18. The highest BCUT2D eigenvalue weighted by Crippen LogP contribution is 2.35. The van der Waals surface area contributed by atoms with Gasteiger partial charge in [-0.25, -0.2) is 8.42 Å². The number of rotatable bonds is 5. The first kappa shape index (κ1) is 15.3. The molecule has 7 nitrogen and oxygen atoms in total. The molecule has 1 aromatic rings. The van der Waals surface area contributed by atoms with Crippen molar-refractivity contribution >= 4 is 33.3 Å². The van der Waals surface area contributed by atoms with Gasteiger partial charge in [0.1, 0.15) is 0 Å². The summed E-state index contributed by atoms with van der Waals surface area (Å²) in [6, 6.07) is 6.15. The van der Waals surface area contributed by atoms with Crippen molar-refractivity contribution in [3.05, 3.63) is 24.3 Å². The van der Waals surface area contributed by atoms with E-state index in [0.29, 0.717) is 24.2 Å². The number of carbonyl (C=O) groups is 2. The normalized spacial score (nSPS) is 21.2. The molecule has 1 amide bonds. The largest absolute Gasteiger partial charge is 0.481 e. The molecular formula is C13H16N2O5S. The molecule has 0 aromatic heterocycles. The number of carboxylic acids is 1. The Morgan fingerprint density at radius 2 is 1.62 bits per heavy atom. The molecule has 0 heterocycles. The number of sulfonamides is 1. The Hall–Kier alpha value is -2.09. The van der Waals surface area contributed by atoms with Crippen LogP contribution in [0.4, 0.5) is 11.4 Å². The molecule has 0 radical (unpaired) electrons. The first-order valence-corrected chi connectivity index (χ1v) is 8.27. The van der Waals surface area contributed by atoms with Crippen LogP contribution in [0.5, 0.6) is 0 Å². The van der Waals surface area contributed by atoms with E-state index in [9.17, 15) is 18.0 Å². The van der Waals surface area contributed by atoms with Gasteiger partial charge >= 0.3 is 5.97 Å². The number of benzene rings is 1. The molecule has 0 spiro atoms. The molecule has 21 heavy (non-hydrogen) atoms. The molecule has 2 atom stereocenters. The summed E-state index contributed by atoms with van der Waals surface area (Å²) in [5, 5.41) is 11.6. The summed E-state index contributed by atoms with van der Waals surface area (Å²) < 4.78 is 24.4. The molecular weight excluding hydrogens is 296 g/mol. The zero-order chi connectivity index (χ0) is 15.6. The van der Waals surface area contributed by atoms with Gasteiger partial charge in [-0.2, -0.15) is 0 Å². The molecule has 3 N–H and O–H groups in total. The van der Waals surface area contributed by atoms with Gasteiger partial charge in [-0.1, -0.05) is 0 Å². The van der Waals surface area contributed by atoms with Crippen molar-refractivity contribution in [3.63, 3.8) is 0 Å². The topological polar surface area (TPSA) is 113 Å². The van der Waals surface area contributed by atoms with Crippen molar-refractivity contribution in [2.75, 3.05) is 16.3 Å². The second-order valence-electron chi connectivity index (χ2n) is 5.07. The lowest BCUT2D eigenvalue weighted by atomic mass is 9.73. The maximum atomic E-state index is 11.9. The first-order chi connectivity index (χ1) is 9.76. The summed E-state index contributed by atoms with van der Waals surface area (Å²) >= 11 is 0. The van der Waals surface area contributed by atoms with E-state index in [0.717, 1.165) is 6.26 Å². The van der Waals surface area contributed by atoms with Crippen LogP contribution >= 0.6 is 0 Å². The lowest BCUT2D eigenvalue weighted by molar-refractivity contribution is -0.151. The zero-order valence-corrected chi connectivity index (χ0v) is 12.2. The molecule has 1 saturated carbocycles. The Morgan fingerprint density at radius 3 is 2.05 bits per heavy atom. The molecule has 2 rings (SSSR count). The smallest absolute Gasteiger partial charge is 0.307 e. The number of anilines is 2. The van der Waals surface area contributed by atoms with E-state index in [1.165, 1.54) is 12.1 Å². The molecule has 2 unspecified atom stereocenters. The summed E-state index contributed by atoms with van der Waals surface area (Å²) in [4.78, 5) is 22.8. The Labute approximate surface area is 122 Å². The van der Waals surface area contributed by atoms with Gasteiger partial charge in [0.25, 0.3) is 0 Å². The van der Waals surface area contributed by atoms with Crippen LogP contribution in [0.25, 0.3) is 0 Å². The van der Waals surface area contributed by atoms with Crippen molar-refractivity contribution in [1.29, 1.82) is 0 Å². The van der Waals surface area contributed by atoms with Crippen molar-refractivity contribution in [3.8, 4) is 0 Å². The maximum absolute atomic E-state index is 11.9. The monoisotopic (exact) mass is 312 g/mol. The summed E-state index contributed by atoms with van der Waals surface area (Å²) in [5.41, 5.74) is 0.887. The minimum absolute atomic E-state index is 0.322. The number of hydrogen-bond acceptors (Lipinski definition) is 4. The maximum Gasteiger partial charge on any atom is 0.307 e. The second-order valence-corrected chi connectivity index (χ2v) is 6.82. The van der Waals surface area contributed by atoms with E-state index >= 15 is 0 Å². The molecule has 1 aromatic carbocycles. The highest BCUT2D eigenvalue weighted by atomic mass is 32.2. The van der Waals surface area contributed by atoms with Crippen LogP contribution in [0.15, 0.2) is 24.3 Å². The standard InChI is InChI=1S/C13H16N2O5S/c1-21(19,20)15-9-4-2-8(3-5-9)14-12(16)10-6-7-11(10)13(17)18/h2-5,10-11,15H,6-7H2,1H3,(H,14,16)(H,17,18). The third-order valence-corrected chi connectivity index (χ3v) is 3.99. The van der Waals surface area contributed by atoms with Crippen LogP contribution in [0.1, 0.15) is 12.8 Å². The van der Waals surface area contributed by atoms with Crippen LogP contribution in [-0.2, 0) is 19.6 Å². The molecule has 114 valence electrons. The van der Waals surface area contributed by atoms with Crippen LogP contribution < -0.4 is 10.0 Å². The minimum atomic E-state index is -3.34. The van der Waals surface area contributed by atoms with E-state index in [2.05, 4.69) is 10.0 Å². The molecule has 0 saturated heterocycles. The van der Waals surface area contributed by atoms with E-state index in [4.69, 9.17) is 5.11 Å². The SMILES string of the molecule is CS(=O)(=O)Nc1ccc(NC(=O)C2CCC2C(=O)O)cc1. The average molecular weight is 312 g/mol. The van der Waals surface area contributed by atoms with Crippen molar-refractivity contribution in [2.45, 2.75) is 12.8 Å². The van der Waals surface area contributed by atoms with Gasteiger partial charge in [0.05, 0.1) is 18.1 Å². The number of aliphatic carboxylic acids is 1. The highest BCUT2D eigenvalue weighted by molar-refractivity contribution is 7.92. The van der Waals surface area contributed by atoms with Crippen LogP contribution in [-0.4, -0.2) is 31.7 Å². The Balaban J connectivity index is 1.97. The van der Waals surface area contributed by atoms with Crippen LogP contribution in [0.3, 0.4) is 0 Å².